The Morgan fingerprint density at radius 1 is 1.33 bits per heavy atom. The van der Waals surface area contributed by atoms with E-state index in [-0.39, 0.29) is 11.9 Å². The number of rotatable bonds is 5. The van der Waals surface area contributed by atoms with E-state index < -0.39 is 5.97 Å². The number of nitriles is 1. The van der Waals surface area contributed by atoms with Crippen LogP contribution in [-0.2, 0) is 16.0 Å². The van der Waals surface area contributed by atoms with E-state index in [1.807, 2.05) is 0 Å². The maximum atomic E-state index is 11.5. The highest BCUT2D eigenvalue weighted by Gasteiger charge is 2.28. The van der Waals surface area contributed by atoms with Crippen LogP contribution >= 0.6 is 11.6 Å². The van der Waals surface area contributed by atoms with Crippen LogP contribution in [0.2, 0.25) is 5.02 Å². The Kier molecular flexibility index (Phi) is 4.70. The standard InChI is InChI=1S/C18H14ClNO4/c1-11(21)23-18-16(8-15-10-22-15)12(9-20)2-7-17(18)24-14-5-3-13(19)4-6-14/h2-7,15H,8,10H2,1H3. The second-order valence-corrected chi connectivity index (χ2v) is 5.78. The van der Waals surface area contributed by atoms with E-state index in [9.17, 15) is 10.1 Å². The zero-order valence-corrected chi connectivity index (χ0v) is 13.7. The van der Waals surface area contributed by atoms with Crippen molar-refractivity contribution >= 4 is 17.6 Å². The lowest BCUT2D eigenvalue weighted by atomic mass is 10.0. The molecule has 0 amide bonds. The molecule has 1 aliphatic heterocycles. The zero-order valence-electron chi connectivity index (χ0n) is 12.9. The lowest BCUT2D eigenvalue weighted by Crippen LogP contribution is -2.08. The Morgan fingerprint density at radius 2 is 2.04 bits per heavy atom. The smallest absolute Gasteiger partial charge is 0.308 e. The molecule has 0 radical (unpaired) electrons. The third-order valence-electron chi connectivity index (χ3n) is 3.47. The molecule has 0 spiro atoms. The minimum Gasteiger partial charge on any atom is -0.453 e. The Balaban J connectivity index is 2.01. The maximum absolute atomic E-state index is 11.5. The molecule has 2 aromatic carbocycles. The molecule has 3 rings (SSSR count). The van der Waals surface area contributed by atoms with E-state index in [0.717, 1.165) is 0 Å². The molecule has 1 saturated heterocycles. The van der Waals surface area contributed by atoms with Crippen molar-refractivity contribution in [2.45, 2.75) is 19.4 Å². The summed E-state index contributed by atoms with van der Waals surface area (Å²) in [5, 5.41) is 9.93. The van der Waals surface area contributed by atoms with Crippen LogP contribution in [0.5, 0.6) is 17.2 Å². The highest BCUT2D eigenvalue weighted by atomic mass is 35.5. The van der Waals surface area contributed by atoms with Crippen LogP contribution in [0.25, 0.3) is 0 Å². The molecule has 122 valence electrons. The van der Waals surface area contributed by atoms with Crippen molar-refractivity contribution in [1.29, 1.82) is 5.26 Å². The molecule has 1 heterocycles. The number of benzene rings is 2. The Labute approximate surface area is 144 Å². The Hall–Kier alpha value is -2.55. The van der Waals surface area contributed by atoms with Gasteiger partial charge in [-0.15, -0.1) is 0 Å². The lowest BCUT2D eigenvalue weighted by molar-refractivity contribution is -0.132. The molecule has 0 saturated carbocycles. The van der Waals surface area contributed by atoms with Gasteiger partial charge in [0.2, 0.25) is 0 Å². The van der Waals surface area contributed by atoms with Gasteiger partial charge >= 0.3 is 5.97 Å². The number of nitrogens with zero attached hydrogens (tertiary/aromatic N) is 1. The van der Waals surface area contributed by atoms with Gasteiger partial charge in [-0.25, -0.2) is 0 Å². The minimum atomic E-state index is -0.482. The number of esters is 1. The number of carbonyl (C=O) groups is 1. The van der Waals surface area contributed by atoms with Crippen LogP contribution in [0.15, 0.2) is 36.4 Å². The normalized spacial score (nSPS) is 15.5. The number of hydrogen-bond donors (Lipinski definition) is 0. The van der Waals surface area contributed by atoms with Gasteiger partial charge in [-0.1, -0.05) is 11.6 Å². The molecule has 0 N–H and O–H groups in total. The molecule has 0 aliphatic carbocycles. The predicted octanol–water partition coefficient (Wildman–Crippen LogP) is 3.87. The van der Waals surface area contributed by atoms with Gasteiger partial charge in [-0.05, 0) is 36.4 Å². The van der Waals surface area contributed by atoms with Crippen molar-refractivity contribution in [3.8, 4) is 23.3 Å². The van der Waals surface area contributed by atoms with E-state index in [1.54, 1.807) is 36.4 Å². The summed E-state index contributed by atoms with van der Waals surface area (Å²) >= 11 is 5.87. The highest BCUT2D eigenvalue weighted by molar-refractivity contribution is 6.30. The summed E-state index contributed by atoms with van der Waals surface area (Å²) in [7, 11) is 0. The molecule has 1 unspecified atom stereocenters. The van der Waals surface area contributed by atoms with Crippen molar-refractivity contribution < 1.29 is 19.0 Å². The summed E-state index contributed by atoms with van der Waals surface area (Å²) in [5.74, 6) is 0.685. The predicted molar refractivity (Wildman–Crippen MR) is 87.4 cm³/mol. The average Bonchev–Trinajstić information content (AvgIpc) is 3.36. The first-order valence-corrected chi connectivity index (χ1v) is 7.74. The second-order valence-electron chi connectivity index (χ2n) is 5.34. The first-order valence-electron chi connectivity index (χ1n) is 7.36. The molecular weight excluding hydrogens is 330 g/mol. The first-order chi connectivity index (χ1) is 11.6. The monoisotopic (exact) mass is 343 g/mol. The van der Waals surface area contributed by atoms with Crippen LogP contribution in [0.4, 0.5) is 0 Å². The summed E-state index contributed by atoms with van der Waals surface area (Å²) in [4.78, 5) is 11.5. The fraction of sp³-hybridized carbons (Fsp3) is 0.222. The SMILES string of the molecule is CC(=O)Oc1c(Oc2ccc(Cl)cc2)ccc(C#N)c1CC1CO1. The van der Waals surface area contributed by atoms with Crippen molar-refractivity contribution in [3.05, 3.63) is 52.5 Å². The van der Waals surface area contributed by atoms with Crippen LogP contribution < -0.4 is 9.47 Å². The molecule has 1 fully saturated rings. The summed E-state index contributed by atoms with van der Waals surface area (Å²) in [5.41, 5.74) is 1.05. The van der Waals surface area contributed by atoms with Crippen LogP contribution in [0.3, 0.4) is 0 Å². The van der Waals surface area contributed by atoms with E-state index >= 15 is 0 Å². The summed E-state index contributed by atoms with van der Waals surface area (Å²) in [6.45, 7) is 1.94. The number of carbonyl (C=O) groups excluding carboxylic acids is 1. The first kappa shape index (κ1) is 16.3. The molecular formula is C18H14ClNO4. The van der Waals surface area contributed by atoms with E-state index in [0.29, 0.717) is 40.7 Å². The van der Waals surface area contributed by atoms with Gasteiger partial charge in [-0.3, -0.25) is 4.79 Å². The lowest BCUT2D eigenvalue weighted by Gasteiger charge is -2.15. The zero-order chi connectivity index (χ0) is 17.1. The van der Waals surface area contributed by atoms with Crippen LogP contribution in [0.1, 0.15) is 18.1 Å². The van der Waals surface area contributed by atoms with Gasteiger partial charge in [-0.2, -0.15) is 5.26 Å². The third kappa shape index (κ3) is 3.85. The van der Waals surface area contributed by atoms with Gasteiger partial charge in [0.1, 0.15) is 5.75 Å². The molecule has 0 aromatic heterocycles. The number of epoxide rings is 1. The highest BCUT2D eigenvalue weighted by Crippen LogP contribution is 2.39. The molecule has 6 heteroatoms. The number of ether oxygens (including phenoxy) is 3. The van der Waals surface area contributed by atoms with Gasteiger partial charge in [0.25, 0.3) is 0 Å². The van der Waals surface area contributed by atoms with E-state index in [4.69, 9.17) is 25.8 Å². The minimum absolute atomic E-state index is 0.0391. The van der Waals surface area contributed by atoms with Crippen molar-refractivity contribution in [1.82, 2.24) is 0 Å². The van der Waals surface area contributed by atoms with Crippen LogP contribution in [-0.4, -0.2) is 18.7 Å². The molecule has 5 nitrogen and oxygen atoms in total. The maximum Gasteiger partial charge on any atom is 0.308 e. The van der Waals surface area contributed by atoms with Crippen LogP contribution in [0, 0.1) is 11.3 Å². The molecule has 2 aromatic rings. The topological polar surface area (TPSA) is 71.8 Å². The van der Waals surface area contributed by atoms with Gasteiger partial charge in [0.05, 0.1) is 24.3 Å². The van der Waals surface area contributed by atoms with Gasteiger partial charge < -0.3 is 14.2 Å². The molecule has 0 bridgehead atoms. The van der Waals surface area contributed by atoms with E-state index in [1.165, 1.54) is 6.92 Å². The summed E-state index contributed by atoms with van der Waals surface area (Å²) < 4.78 is 16.4. The summed E-state index contributed by atoms with van der Waals surface area (Å²) in [6.07, 6.45) is 0.528. The number of halogens is 1. The fourth-order valence-electron chi connectivity index (χ4n) is 2.29. The summed E-state index contributed by atoms with van der Waals surface area (Å²) in [6, 6.07) is 12.2. The van der Waals surface area contributed by atoms with Crippen molar-refractivity contribution in [2.75, 3.05) is 6.61 Å². The molecule has 24 heavy (non-hydrogen) atoms. The van der Waals surface area contributed by atoms with E-state index in [2.05, 4.69) is 6.07 Å². The van der Waals surface area contributed by atoms with Gasteiger partial charge in [0.15, 0.2) is 11.5 Å². The third-order valence-corrected chi connectivity index (χ3v) is 3.72. The number of hydrogen-bond acceptors (Lipinski definition) is 5. The Bertz CT molecular complexity index is 807. The van der Waals surface area contributed by atoms with Crippen molar-refractivity contribution in [2.24, 2.45) is 0 Å². The Morgan fingerprint density at radius 3 is 2.62 bits per heavy atom. The van der Waals surface area contributed by atoms with Crippen molar-refractivity contribution in [3.63, 3.8) is 0 Å². The average molecular weight is 344 g/mol. The largest absolute Gasteiger partial charge is 0.453 e. The quantitative estimate of drug-likeness (QED) is 0.468. The fourth-order valence-corrected chi connectivity index (χ4v) is 2.42. The molecule has 1 atom stereocenters. The second kappa shape index (κ2) is 6.91. The molecule has 1 aliphatic rings. The van der Waals surface area contributed by atoms with Gasteiger partial charge in [0, 0.05) is 23.9 Å².